The van der Waals surface area contributed by atoms with E-state index in [1.165, 1.54) is 0 Å². The van der Waals surface area contributed by atoms with Crippen LogP contribution in [0.5, 0.6) is 0 Å². The molecule has 0 radical (unpaired) electrons. The molecule has 0 bridgehead atoms. The topological polar surface area (TPSA) is 114 Å². The number of guanidine groups is 2. The Balaban J connectivity index is 1.81. The minimum atomic E-state index is -0.708. The summed E-state index contributed by atoms with van der Waals surface area (Å²) in [5, 5.41) is 0. The average Bonchev–Trinajstić information content (AvgIpc) is 2.73. The molecule has 1 spiro atoms. The predicted molar refractivity (Wildman–Crippen MR) is 124 cm³/mol. The molecule has 1 heterocycles. The van der Waals surface area contributed by atoms with Crippen molar-refractivity contribution in [3.63, 3.8) is 0 Å². The Morgan fingerprint density at radius 2 is 1.61 bits per heavy atom. The maximum Gasteiger partial charge on any atom is 0.220 e. The largest absolute Gasteiger partial charge is 0.369 e. The first-order valence-corrected chi connectivity index (χ1v) is 11.1. The van der Waals surface area contributed by atoms with Gasteiger partial charge in [0.25, 0.3) is 0 Å². The Kier molecular flexibility index (Phi) is 4.51. The van der Waals surface area contributed by atoms with Gasteiger partial charge in [-0.05, 0) is 60.2 Å². The number of aliphatic imine (C=N–C) groups is 2. The fraction of sp³-hybridized carbons (Fsp3) is 0.304. The van der Waals surface area contributed by atoms with Gasteiger partial charge in [0, 0.05) is 15.6 Å². The molecule has 4 N–H and O–H groups in total. The van der Waals surface area contributed by atoms with Crippen LogP contribution in [-0.4, -0.2) is 29.1 Å². The highest BCUT2D eigenvalue weighted by Crippen LogP contribution is 2.46. The first kappa shape index (κ1) is 19.9. The van der Waals surface area contributed by atoms with E-state index in [4.69, 9.17) is 16.5 Å². The van der Waals surface area contributed by atoms with E-state index < -0.39 is 5.66 Å². The Bertz CT molecular complexity index is 1210. The molecule has 1 fully saturated rings. The molecule has 31 heavy (non-hydrogen) atoms. The van der Waals surface area contributed by atoms with Crippen LogP contribution >= 0.6 is 15.9 Å². The van der Waals surface area contributed by atoms with Crippen LogP contribution in [0.15, 0.2) is 44.8 Å². The lowest BCUT2D eigenvalue weighted by Crippen LogP contribution is -2.59. The molecule has 2 aliphatic carbocycles. The highest BCUT2D eigenvalue weighted by atomic mass is 79.9. The van der Waals surface area contributed by atoms with Crippen molar-refractivity contribution in [2.45, 2.75) is 44.7 Å². The molecule has 0 saturated heterocycles. The Hall–Kier alpha value is -3.00. The summed E-state index contributed by atoms with van der Waals surface area (Å²) in [6, 6.07) is 8.78. The van der Waals surface area contributed by atoms with E-state index in [9.17, 15) is 9.59 Å². The number of aryl methyl sites for hydroxylation is 1. The molecule has 1 saturated carbocycles. The molecular weight excluding hydrogens is 458 g/mol. The first-order chi connectivity index (χ1) is 14.8. The molecule has 0 aromatic heterocycles. The zero-order chi connectivity index (χ0) is 21.9. The quantitative estimate of drug-likeness (QED) is 0.552. The van der Waals surface area contributed by atoms with Gasteiger partial charge in [0.15, 0.2) is 11.6 Å². The second-order valence-electron chi connectivity index (χ2n) is 8.30. The van der Waals surface area contributed by atoms with Crippen molar-refractivity contribution in [2.24, 2.45) is 21.5 Å². The van der Waals surface area contributed by atoms with Gasteiger partial charge in [-0.1, -0.05) is 30.7 Å². The number of nitrogens with two attached hydrogens (primary N) is 2. The smallest absolute Gasteiger partial charge is 0.220 e. The molecule has 8 heteroatoms. The number of hydrogen-bond acceptors (Lipinski definition) is 7. The van der Waals surface area contributed by atoms with Crippen LogP contribution in [0.3, 0.4) is 0 Å². The lowest BCUT2D eigenvalue weighted by atomic mass is 9.80. The van der Waals surface area contributed by atoms with Gasteiger partial charge in [-0.15, -0.1) is 0 Å². The summed E-state index contributed by atoms with van der Waals surface area (Å²) in [5.41, 5.74) is 14.6. The van der Waals surface area contributed by atoms with Gasteiger partial charge in [-0.25, -0.2) is 4.99 Å². The summed E-state index contributed by atoms with van der Waals surface area (Å²) in [6.07, 6.45) is 4.52. The highest BCUT2D eigenvalue weighted by Gasteiger charge is 2.46. The third kappa shape index (κ3) is 2.85. The number of rotatable bonds is 1. The maximum absolute atomic E-state index is 13.7. The van der Waals surface area contributed by atoms with Crippen LogP contribution in [0.1, 0.15) is 69.5 Å². The van der Waals surface area contributed by atoms with E-state index in [0.717, 1.165) is 37.7 Å². The van der Waals surface area contributed by atoms with Crippen LogP contribution in [0, 0.1) is 6.92 Å². The minimum Gasteiger partial charge on any atom is -0.369 e. The predicted octanol–water partition coefficient (Wildman–Crippen LogP) is 3.64. The van der Waals surface area contributed by atoms with Gasteiger partial charge in [-0.2, -0.15) is 4.99 Å². The Labute approximate surface area is 188 Å². The number of hydrogen-bond donors (Lipinski definition) is 2. The summed E-state index contributed by atoms with van der Waals surface area (Å²) in [7, 11) is 0. The van der Waals surface area contributed by atoms with Crippen LogP contribution in [-0.2, 0) is 0 Å². The number of benzene rings is 2. The van der Waals surface area contributed by atoms with E-state index >= 15 is 0 Å². The van der Waals surface area contributed by atoms with Crippen molar-refractivity contribution in [3.05, 3.63) is 62.6 Å². The van der Waals surface area contributed by atoms with Crippen LogP contribution in [0.25, 0.3) is 0 Å². The summed E-state index contributed by atoms with van der Waals surface area (Å²) < 4.78 is 0.588. The van der Waals surface area contributed by atoms with E-state index in [1.807, 2.05) is 17.9 Å². The first-order valence-electron chi connectivity index (χ1n) is 10.4. The fourth-order valence-electron chi connectivity index (χ4n) is 5.09. The standard InChI is InChI=1S/C23H22BrN5O2/c1-12-11-15(24)16-17(20(31)14-8-4-3-7-13(14)19(16)30)18(12)29-22(26)27-21(25)28-23(29)9-5-2-6-10-23/h3-4,7-8,11H,2,5-6,9-10H2,1H3,(H4,25,26,27,28). The van der Waals surface area contributed by atoms with Crippen molar-refractivity contribution >= 4 is 45.1 Å². The molecule has 0 atom stereocenters. The molecular formula is C23H22BrN5O2. The van der Waals surface area contributed by atoms with Crippen molar-refractivity contribution in [1.82, 2.24) is 0 Å². The van der Waals surface area contributed by atoms with Crippen molar-refractivity contribution in [3.8, 4) is 0 Å². The van der Waals surface area contributed by atoms with Gasteiger partial charge >= 0.3 is 0 Å². The monoisotopic (exact) mass is 479 g/mol. The number of carbonyl (C=O) groups excluding carboxylic acids is 2. The number of fused-ring (bicyclic) bond motifs is 2. The molecule has 0 unspecified atom stereocenters. The molecule has 2 aromatic rings. The maximum atomic E-state index is 13.7. The summed E-state index contributed by atoms with van der Waals surface area (Å²) in [4.78, 5) is 37.9. The van der Waals surface area contributed by atoms with Crippen LogP contribution < -0.4 is 16.4 Å². The summed E-state index contributed by atoms with van der Waals surface area (Å²) in [6.45, 7) is 1.91. The van der Waals surface area contributed by atoms with E-state index in [-0.39, 0.29) is 23.5 Å². The number of nitrogens with zero attached hydrogens (tertiary/aromatic N) is 3. The second-order valence-corrected chi connectivity index (χ2v) is 9.15. The van der Waals surface area contributed by atoms with Crippen molar-refractivity contribution < 1.29 is 9.59 Å². The van der Waals surface area contributed by atoms with Gasteiger partial charge in [0.05, 0.1) is 16.8 Å². The zero-order valence-electron chi connectivity index (χ0n) is 17.1. The second kappa shape index (κ2) is 7.02. The van der Waals surface area contributed by atoms with Gasteiger partial charge in [-0.3, -0.25) is 14.5 Å². The number of carbonyl (C=O) groups is 2. The van der Waals surface area contributed by atoms with E-state index in [0.29, 0.717) is 32.4 Å². The van der Waals surface area contributed by atoms with Gasteiger partial charge < -0.3 is 11.5 Å². The zero-order valence-corrected chi connectivity index (χ0v) is 18.7. The third-order valence-electron chi connectivity index (χ3n) is 6.39. The minimum absolute atomic E-state index is 0.145. The lowest BCUT2D eigenvalue weighted by Gasteiger charge is -2.47. The number of ketones is 2. The normalized spacial score (nSPS) is 19.6. The van der Waals surface area contributed by atoms with Crippen molar-refractivity contribution in [2.75, 3.05) is 4.90 Å². The lowest BCUT2D eigenvalue weighted by molar-refractivity contribution is 0.0978. The van der Waals surface area contributed by atoms with Gasteiger partial charge in [0.1, 0.15) is 5.66 Å². The summed E-state index contributed by atoms with van der Waals surface area (Å²) in [5.74, 6) is -0.0504. The average molecular weight is 480 g/mol. The van der Waals surface area contributed by atoms with Crippen molar-refractivity contribution in [1.29, 1.82) is 0 Å². The van der Waals surface area contributed by atoms with Crippen LogP contribution in [0.2, 0.25) is 0 Å². The molecule has 158 valence electrons. The summed E-state index contributed by atoms with van der Waals surface area (Å²) >= 11 is 3.52. The Morgan fingerprint density at radius 3 is 2.26 bits per heavy atom. The van der Waals surface area contributed by atoms with E-state index in [1.54, 1.807) is 24.3 Å². The third-order valence-corrected chi connectivity index (χ3v) is 7.01. The fourth-order valence-corrected chi connectivity index (χ4v) is 5.81. The molecule has 0 amide bonds. The number of anilines is 1. The molecule has 2 aromatic carbocycles. The molecule has 5 rings (SSSR count). The highest BCUT2D eigenvalue weighted by molar-refractivity contribution is 9.10. The molecule has 7 nitrogen and oxygen atoms in total. The SMILES string of the molecule is Cc1cc(Br)c2c(c1N1C(N)=NC(N)=NC13CCCCC3)C(=O)c1ccccc1C2=O. The Morgan fingerprint density at radius 1 is 1.00 bits per heavy atom. The number of halogens is 1. The van der Waals surface area contributed by atoms with Gasteiger partial charge in [0.2, 0.25) is 11.9 Å². The van der Waals surface area contributed by atoms with E-state index in [2.05, 4.69) is 20.9 Å². The molecule has 1 aliphatic heterocycles. The van der Waals surface area contributed by atoms with Crippen LogP contribution in [0.4, 0.5) is 5.69 Å². The molecule has 3 aliphatic rings.